The third kappa shape index (κ3) is 5.45. The van der Waals surface area contributed by atoms with Gasteiger partial charge in [0.1, 0.15) is 5.52 Å². The predicted molar refractivity (Wildman–Crippen MR) is 252 cm³/mol. The van der Waals surface area contributed by atoms with Crippen LogP contribution >= 0.6 is 22.7 Å². The molecule has 0 amide bonds. The number of para-hydroxylation sites is 2. The van der Waals surface area contributed by atoms with Crippen LogP contribution in [0.2, 0.25) is 0 Å². The maximum Gasteiger partial charge on any atom is 0.227 e. The van der Waals surface area contributed by atoms with Gasteiger partial charge >= 0.3 is 0 Å². The van der Waals surface area contributed by atoms with Crippen molar-refractivity contribution < 1.29 is 4.42 Å². The Morgan fingerprint density at radius 1 is 0.407 bits per heavy atom. The van der Waals surface area contributed by atoms with Crippen LogP contribution < -0.4 is 9.80 Å². The fraction of sp³-hybridized carbons (Fsp3) is 0. The highest BCUT2D eigenvalue weighted by molar-refractivity contribution is 7.26. The highest BCUT2D eigenvalue weighted by Gasteiger charge is 2.27. The molecule has 0 spiro atoms. The number of hydrogen-bond acceptors (Lipinski definition) is 6. The molecule has 0 aliphatic carbocycles. The molecule has 3 heterocycles. The van der Waals surface area contributed by atoms with Crippen molar-refractivity contribution in [2.24, 2.45) is 0 Å². The van der Waals surface area contributed by atoms with Crippen molar-refractivity contribution in [2.75, 3.05) is 9.80 Å². The Hall–Kier alpha value is -7.25. The summed E-state index contributed by atoms with van der Waals surface area (Å²) in [6.07, 6.45) is 0. The van der Waals surface area contributed by atoms with E-state index in [1.165, 1.54) is 40.3 Å². The first kappa shape index (κ1) is 33.8. The van der Waals surface area contributed by atoms with Crippen molar-refractivity contribution in [1.29, 1.82) is 0 Å². The van der Waals surface area contributed by atoms with E-state index in [9.17, 15) is 0 Å². The number of aromatic nitrogens is 1. The standard InChI is InChI=1S/C53H33N3OS2/c1-4-17-34(18-5-1)53-54-49-45(56(37-22-8-3-9-23-37)44-30-16-27-41-39-25-11-13-32-47(39)59-52(41)44)33-35-19-14-28-42(48(35)50(49)57-53)55(36-20-6-2-7-21-36)43-29-15-26-40-38-24-10-12-31-46(38)58-51(40)43/h1-33H. The van der Waals surface area contributed by atoms with Crippen molar-refractivity contribution in [3.05, 3.63) is 200 Å². The Morgan fingerprint density at radius 3 is 1.47 bits per heavy atom. The summed E-state index contributed by atoms with van der Waals surface area (Å²) in [6, 6.07) is 71.2. The molecule has 0 fully saturated rings. The molecule has 3 aromatic heterocycles. The van der Waals surface area contributed by atoms with Crippen LogP contribution in [-0.4, -0.2) is 4.98 Å². The zero-order valence-electron chi connectivity index (χ0n) is 31.6. The second kappa shape index (κ2) is 13.7. The SMILES string of the molecule is c1ccc(-c2nc3c(N(c4ccccc4)c4cccc5c4sc4ccccc45)cc4cccc(N(c5ccccc5)c5cccc6c5sc5ccccc56)c4c3o2)cc1. The van der Waals surface area contributed by atoms with Crippen LogP contribution in [0.15, 0.2) is 205 Å². The van der Waals surface area contributed by atoms with Gasteiger partial charge < -0.3 is 14.2 Å². The maximum absolute atomic E-state index is 7.10. The fourth-order valence-corrected chi connectivity index (χ4v) is 11.1. The molecule has 0 saturated heterocycles. The molecule has 0 atom stereocenters. The molecule has 0 N–H and O–H groups in total. The topological polar surface area (TPSA) is 32.5 Å². The molecule has 59 heavy (non-hydrogen) atoms. The van der Waals surface area contributed by atoms with Gasteiger partial charge in [-0.1, -0.05) is 127 Å². The zero-order chi connectivity index (χ0) is 38.9. The maximum atomic E-state index is 7.10. The van der Waals surface area contributed by atoms with E-state index in [0.717, 1.165) is 61.6 Å². The van der Waals surface area contributed by atoms with E-state index >= 15 is 0 Å². The molecule has 4 nitrogen and oxygen atoms in total. The Kier molecular flexibility index (Phi) is 7.86. The summed E-state index contributed by atoms with van der Waals surface area (Å²) < 4.78 is 12.1. The first-order valence-corrected chi connectivity index (χ1v) is 21.3. The Labute approximate surface area is 348 Å². The van der Waals surface area contributed by atoms with Gasteiger partial charge in [-0.2, -0.15) is 0 Å². The predicted octanol–water partition coefficient (Wildman–Crippen LogP) is 16.3. The van der Waals surface area contributed by atoms with Gasteiger partial charge in [0.2, 0.25) is 5.89 Å². The summed E-state index contributed by atoms with van der Waals surface area (Å²) >= 11 is 3.67. The molecule has 278 valence electrons. The second-order valence-corrected chi connectivity index (χ2v) is 16.8. The molecule has 0 aliphatic heterocycles. The largest absolute Gasteiger partial charge is 0.435 e. The van der Waals surface area contributed by atoms with Crippen molar-refractivity contribution in [1.82, 2.24) is 4.98 Å². The highest BCUT2D eigenvalue weighted by atomic mass is 32.1. The average Bonchev–Trinajstić information content (AvgIpc) is 4.03. The molecule has 12 aromatic rings. The van der Waals surface area contributed by atoms with E-state index in [-0.39, 0.29) is 0 Å². The van der Waals surface area contributed by atoms with Gasteiger partial charge in [0.05, 0.1) is 37.5 Å². The van der Waals surface area contributed by atoms with Crippen LogP contribution in [0.4, 0.5) is 34.1 Å². The van der Waals surface area contributed by atoms with E-state index in [4.69, 9.17) is 9.40 Å². The molecule has 0 bridgehead atoms. The van der Waals surface area contributed by atoms with Crippen LogP contribution in [-0.2, 0) is 0 Å². The Morgan fingerprint density at radius 2 is 0.881 bits per heavy atom. The minimum atomic E-state index is 0.579. The smallest absolute Gasteiger partial charge is 0.227 e. The average molecular weight is 792 g/mol. The molecule has 0 aliphatic rings. The first-order valence-electron chi connectivity index (χ1n) is 19.7. The summed E-state index contributed by atoms with van der Waals surface area (Å²) in [5.41, 5.74) is 8.73. The van der Waals surface area contributed by atoms with Crippen LogP contribution in [0.1, 0.15) is 0 Å². The first-order chi connectivity index (χ1) is 29.3. The van der Waals surface area contributed by atoms with Gasteiger partial charge in [-0.15, -0.1) is 22.7 Å². The summed E-state index contributed by atoms with van der Waals surface area (Å²) in [5.74, 6) is 0.579. The minimum absolute atomic E-state index is 0.579. The van der Waals surface area contributed by atoms with Crippen molar-refractivity contribution in [3.63, 3.8) is 0 Å². The number of rotatable bonds is 7. The van der Waals surface area contributed by atoms with Crippen LogP contribution in [0.3, 0.4) is 0 Å². The number of anilines is 6. The summed E-state index contributed by atoms with van der Waals surface area (Å²) in [6.45, 7) is 0. The molecule has 6 heteroatoms. The quantitative estimate of drug-likeness (QED) is 0.161. The van der Waals surface area contributed by atoms with Gasteiger partial charge in [0.25, 0.3) is 0 Å². The summed E-state index contributed by atoms with van der Waals surface area (Å²) in [4.78, 5) is 10.2. The van der Waals surface area contributed by atoms with Gasteiger partial charge in [-0.05, 0) is 78.2 Å². The van der Waals surface area contributed by atoms with E-state index in [2.05, 4.69) is 192 Å². The molecule has 0 radical (unpaired) electrons. The van der Waals surface area contributed by atoms with E-state index in [0.29, 0.717) is 5.89 Å². The second-order valence-electron chi connectivity index (χ2n) is 14.7. The summed E-state index contributed by atoms with van der Waals surface area (Å²) in [5, 5.41) is 7.06. The lowest BCUT2D eigenvalue weighted by molar-refractivity contribution is 0.623. The highest BCUT2D eigenvalue weighted by Crippen LogP contribution is 2.51. The van der Waals surface area contributed by atoms with E-state index in [1.807, 2.05) is 40.9 Å². The number of fused-ring (bicyclic) bond motifs is 9. The molecular formula is C53H33N3OS2. The molecule has 0 unspecified atom stereocenters. The third-order valence-electron chi connectivity index (χ3n) is 11.2. The van der Waals surface area contributed by atoms with Crippen molar-refractivity contribution in [3.8, 4) is 11.5 Å². The molecular weight excluding hydrogens is 759 g/mol. The molecule has 0 saturated carbocycles. The number of nitrogens with zero attached hydrogens (tertiary/aromatic N) is 3. The van der Waals surface area contributed by atoms with Gasteiger partial charge in [-0.25, -0.2) is 4.98 Å². The van der Waals surface area contributed by atoms with Crippen molar-refractivity contribution in [2.45, 2.75) is 0 Å². The molecule has 9 aromatic carbocycles. The molecule has 12 rings (SSSR count). The monoisotopic (exact) mass is 791 g/mol. The van der Waals surface area contributed by atoms with Gasteiger partial charge in [-0.3, -0.25) is 0 Å². The van der Waals surface area contributed by atoms with E-state index < -0.39 is 0 Å². The van der Waals surface area contributed by atoms with Crippen LogP contribution in [0.25, 0.3) is 73.7 Å². The minimum Gasteiger partial charge on any atom is -0.435 e. The van der Waals surface area contributed by atoms with Crippen molar-refractivity contribution >= 4 is 119 Å². The van der Waals surface area contributed by atoms with Gasteiger partial charge in [0.15, 0.2) is 5.58 Å². The number of oxazole rings is 1. The zero-order valence-corrected chi connectivity index (χ0v) is 33.3. The number of hydrogen-bond donors (Lipinski definition) is 0. The number of thiophene rings is 2. The van der Waals surface area contributed by atoms with E-state index in [1.54, 1.807) is 0 Å². The summed E-state index contributed by atoms with van der Waals surface area (Å²) in [7, 11) is 0. The lowest BCUT2D eigenvalue weighted by Gasteiger charge is -2.29. The van der Waals surface area contributed by atoms with Gasteiger partial charge in [0, 0.05) is 47.9 Å². The lowest BCUT2D eigenvalue weighted by atomic mass is 10.0. The fourth-order valence-electron chi connectivity index (χ4n) is 8.65. The third-order valence-corrected chi connectivity index (χ3v) is 13.7. The van der Waals surface area contributed by atoms with Crippen LogP contribution in [0.5, 0.6) is 0 Å². The lowest BCUT2D eigenvalue weighted by Crippen LogP contribution is -2.12. The number of benzene rings is 9. The Bertz CT molecular complexity index is 3520. The van der Waals surface area contributed by atoms with Crippen LogP contribution in [0, 0.1) is 0 Å². The normalized spacial score (nSPS) is 11.7. The Balaban J connectivity index is 1.18.